The fraction of sp³-hybridized carbons (Fsp3) is 0.200. The number of nitrogens with zero attached hydrogens (tertiary/aromatic N) is 3. The minimum atomic E-state index is 0.413. The van der Waals surface area contributed by atoms with Crippen LogP contribution in [0.25, 0.3) is 0 Å². The lowest BCUT2D eigenvalue weighted by molar-refractivity contribution is 0.876. The molecule has 0 N–H and O–H groups in total. The smallest absolute Gasteiger partial charge is 0.151 e. The van der Waals surface area contributed by atoms with E-state index in [2.05, 4.69) is 37.6 Å². The number of aromatic nitrogens is 2. The van der Waals surface area contributed by atoms with E-state index in [1.807, 2.05) is 18.0 Å². The minimum Gasteiger partial charge on any atom is -0.353 e. The summed E-state index contributed by atoms with van der Waals surface area (Å²) in [5, 5.41) is 10.3. The Kier molecular flexibility index (Phi) is 3.78. The van der Waals surface area contributed by atoms with Gasteiger partial charge in [-0.1, -0.05) is 11.6 Å². The van der Waals surface area contributed by atoms with Gasteiger partial charge in [0.15, 0.2) is 11.0 Å². The maximum atomic E-state index is 5.68. The van der Waals surface area contributed by atoms with E-state index < -0.39 is 0 Å². The van der Waals surface area contributed by atoms with Gasteiger partial charge in [-0.15, -0.1) is 21.5 Å². The molecule has 0 unspecified atom stereocenters. The van der Waals surface area contributed by atoms with Gasteiger partial charge in [-0.25, -0.2) is 0 Å². The molecule has 2 heterocycles. The normalized spacial score (nSPS) is 10.4. The Hall–Kier alpha value is -0.650. The number of hydrogen-bond donors (Lipinski definition) is 0. The summed E-state index contributed by atoms with van der Waals surface area (Å²) in [4.78, 5) is 3.30. The molecule has 0 saturated carbocycles. The predicted octanol–water partition coefficient (Wildman–Crippen LogP) is 3.59. The fourth-order valence-corrected chi connectivity index (χ4v) is 2.87. The lowest BCUT2D eigenvalue weighted by Crippen LogP contribution is -2.17. The van der Waals surface area contributed by atoms with Crippen LogP contribution in [-0.4, -0.2) is 17.2 Å². The number of anilines is 1. The second kappa shape index (κ2) is 5.12. The maximum absolute atomic E-state index is 5.68. The topological polar surface area (TPSA) is 29.0 Å². The number of halogens is 2. The van der Waals surface area contributed by atoms with Crippen molar-refractivity contribution in [3.05, 3.63) is 38.1 Å². The molecule has 3 nitrogen and oxygen atoms in total. The fourth-order valence-electron chi connectivity index (χ4n) is 1.26. The molecule has 0 aliphatic carbocycles. The van der Waals surface area contributed by atoms with Crippen LogP contribution in [-0.2, 0) is 6.54 Å². The first-order valence-corrected chi connectivity index (χ1v) is 6.63. The second-order valence-corrected chi connectivity index (χ2v) is 5.60. The molecule has 0 aliphatic heterocycles. The van der Waals surface area contributed by atoms with Crippen molar-refractivity contribution in [1.29, 1.82) is 0 Å². The summed E-state index contributed by atoms with van der Waals surface area (Å²) in [6.45, 7) is 0.812. The van der Waals surface area contributed by atoms with Gasteiger partial charge in [-0.2, -0.15) is 0 Å². The first-order chi connectivity index (χ1) is 7.65. The summed E-state index contributed by atoms with van der Waals surface area (Å²) >= 11 is 10.8. The van der Waals surface area contributed by atoms with Crippen LogP contribution in [0.15, 0.2) is 28.1 Å². The molecule has 2 aromatic heterocycles. The highest BCUT2D eigenvalue weighted by Gasteiger charge is 2.05. The standard InChI is InChI=1S/C10H9BrClN3S/c1-15(5-8-4-7(11)6-16-8)10-3-2-9(12)13-14-10/h2-4,6H,5H2,1H3. The van der Waals surface area contributed by atoms with Crippen molar-refractivity contribution >= 4 is 44.7 Å². The molecule has 0 amide bonds. The third kappa shape index (κ3) is 2.93. The average Bonchev–Trinajstić information content (AvgIpc) is 2.65. The quantitative estimate of drug-likeness (QED) is 0.866. The zero-order chi connectivity index (χ0) is 11.5. The molecule has 0 atom stereocenters. The van der Waals surface area contributed by atoms with Gasteiger partial charge in [0.2, 0.25) is 0 Å². The number of rotatable bonds is 3. The first kappa shape index (κ1) is 11.8. The summed E-state index contributed by atoms with van der Waals surface area (Å²) in [6.07, 6.45) is 0. The molecule has 0 radical (unpaired) electrons. The largest absolute Gasteiger partial charge is 0.353 e. The molecule has 84 valence electrons. The molecule has 0 aliphatic rings. The van der Waals surface area contributed by atoms with E-state index in [1.54, 1.807) is 17.4 Å². The molecule has 2 rings (SSSR count). The minimum absolute atomic E-state index is 0.413. The van der Waals surface area contributed by atoms with Crippen molar-refractivity contribution < 1.29 is 0 Å². The maximum Gasteiger partial charge on any atom is 0.151 e. The van der Waals surface area contributed by atoms with E-state index in [9.17, 15) is 0 Å². The van der Waals surface area contributed by atoms with E-state index in [0.29, 0.717) is 5.15 Å². The summed E-state index contributed by atoms with van der Waals surface area (Å²) in [5.74, 6) is 0.814. The molecule has 6 heteroatoms. The van der Waals surface area contributed by atoms with Gasteiger partial charge in [-0.3, -0.25) is 0 Å². The monoisotopic (exact) mass is 317 g/mol. The molecule has 0 bridgehead atoms. The van der Waals surface area contributed by atoms with Crippen LogP contribution >= 0.6 is 38.9 Å². The average molecular weight is 319 g/mol. The molecule has 0 aromatic carbocycles. The van der Waals surface area contributed by atoms with Crippen LogP contribution in [0, 0.1) is 0 Å². The van der Waals surface area contributed by atoms with Gasteiger partial charge in [0.05, 0.1) is 6.54 Å². The predicted molar refractivity (Wildman–Crippen MR) is 71.2 cm³/mol. The first-order valence-electron chi connectivity index (χ1n) is 4.58. The highest BCUT2D eigenvalue weighted by Crippen LogP contribution is 2.22. The van der Waals surface area contributed by atoms with Crippen LogP contribution in [0.2, 0.25) is 5.15 Å². The van der Waals surface area contributed by atoms with Crippen molar-refractivity contribution in [1.82, 2.24) is 10.2 Å². The second-order valence-electron chi connectivity index (χ2n) is 3.30. The van der Waals surface area contributed by atoms with Gasteiger partial charge >= 0.3 is 0 Å². The number of hydrogen-bond acceptors (Lipinski definition) is 4. The molecule has 0 saturated heterocycles. The van der Waals surface area contributed by atoms with Crippen LogP contribution in [0.3, 0.4) is 0 Å². The van der Waals surface area contributed by atoms with E-state index in [0.717, 1.165) is 16.8 Å². The molecular formula is C10H9BrClN3S. The Morgan fingerprint density at radius 2 is 2.25 bits per heavy atom. The van der Waals surface area contributed by atoms with Crippen molar-refractivity contribution in [2.75, 3.05) is 11.9 Å². The van der Waals surface area contributed by atoms with Crippen molar-refractivity contribution in [3.8, 4) is 0 Å². The SMILES string of the molecule is CN(Cc1cc(Br)cs1)c1ccc(Cl)nn1. The molecule has 0 spiro atoms. The Morgan fingerprint density at radius 1 is 1.44 bits per heavy atom. The number of thiophene rings is 1. The summed E-state index contributed by atoms with van der Waals surface area (Å²) in [6, 6.07) is 5.70. The van der Waals surface area contributed by atoms with Crippen molar-refractivity contribution in [3.63, 3.8) is 0 Å². The Labute approximate surface area is 111 Å². The van der Waals surface area contributed by atoms with Crippen LogP contribution in [0.1, 0.15) is 4.88 Å². The van der Waals surface area contributed by atoms with Crippen LogP contribution < -0.4 is 4.90 Å². The zero-order valence-electron chi connectivity index (χ0n) is 8.52. The van der Waals surface area contributed by atoms with E-state index in [-0.39, 0.29) is 0 Å². The Balaban J connectivity index is 2.08. The summed E-state index contributed by atoms with van der Waals surface area (Å²) in [7, 11) is 1.98. The Morgan fingerprint density at radius 3 is 2.81 bits per heavy atom. The lowest BCUT2D eigenvalue weighted by Gasteiger charge is -2.15. The summed E-state index contributed by atoms with van der Waals surface area (Å²) < 4.78 is 1.11. The van der Waals surface area contributed by atoms with E-state index in [4.69, 9.17) is 11.6 Å². The molecule has 0 fully saturated rings. The highest BCUT2D eigenvalue weighted by atomic mass is 79.9. The lowest BCUT2D eigenvalue weighted by atomic mass is 10.4. The van der Waals surface area contributed by atoms with Crippen LogP contribution in [0.4, 0.5) is 5.82 Å². The van der Waals surface area contributed by atoms with Crippen LogP contribution in [0.5, 0.6) is 0 Å². The molecule has 2 aromatic rings. The Bertz CT molecular complexity index is 471. The zero-order valence-corrected chi connectivity index (χ0v) is 11.7. The summed E-state index contributed by atoms with van der Waals surface area (Å²) in [5.41, 5.74) is 0. The van der Waals surface area contributed by atoms with Gasteiger partial charge in [0.1, 0.15) is 0 Å². The van der Waals surface area contributed by atoms with Gasteiger partial charge < -0.3 is 4.90 Å². The third-order valence-electron chi connectivity index (χ3n) is 2.02. The van der Waals surface area contributed by atoms with Gasteiger partial charge in [0, 0.05) is 21.8 Å². The van der Waals surface area contributed by atoms with Gasteiger partial charge in [0.25, 0.3) is 0 Å². The van der Waals surface area contributed by atoms with E-state index >= 15 is 0 Å². The van der Waals surface area contributed by atoms with Crippen molar-refractivity contribution in [2.45, 2.75) is 6.54 Å². The third-order valence-corrected chi connectivity index (χ3v) is 3.91. The highest BCUT2D eigenvalue weighted by molar-refractivity contribution is 9.10. The van der Waals surface area contributed by atoms with E-state index in [1.165, 1.54) is 4.88 Å². The van der Waals surface area contributed by atoms with Crippen molar-refractivity contribution in [2.24, 2.45) is 0 Å². The van der Waals surface area contributed by atoms with Gasteiger partial charge in [-0.05, 0) is 34.1 Å². The molecule has 16 heavy (non-hydrogen) atoms. The molecular weight excluding hydrogens is 310 g/mol.